The van der Waals surface area contributed by atoms with E-state index in [1.807, 2.05) is 0 Å². The van der Waals surface area contributed by atoms with Crippen LogP contribution < -0.4 is 5.73 Å². The zero-order valence-electron chi connectivity index (χ0n) is 7.30. The van der Waals surface area contributed by atoms with Crippen LogP contribution in [-0.4, -0.2) is 13.2 Å². The van der Waals surface area contributed by atoms with Crippen molar-refractivity contribution in [2.45, 2.75) is 6.29 Å². The Morgan fingerprint density at radius 1 is 1.21 bits per heavy atom. The highest BCUT2D eigenvalue weighted by molar-refractivity contribution is 5.44. The lowest BCUT2D eigenvalue weighted by molar-refractivity contribution is -0.0488. The summed E-state index contributed by atoms with van der Waals surface area (Å²) in [6.07, 6.45) is -0.974. The Bertz CT molecular complexity index is 351. The first-order valence-electron chi connectivity index (χ1n) is 4.16. The third kappa shape index (κ3) is 1.44. The van der Waals surface area contributed by atoms with Gasteiger partial charge in [-0.2, -0.15) is 0 Å². The van der Waals surface area contributed by atoms with Gasteiger partial charge in [0.15, 0.2) is 12.1 Å². The predicted molar refractivity (Wildman–Crippen MR) is 45.4 cm³/mol. The molecule has 5 heteroatoms. The van der Waals surface area contributed by atoms with Gasteiger partial charge in [-0.1, -0.05) is 0 Å². The number of anilines is 1. The number of benzene rings is 1. The van der Waals surface area contributed by atoms with E-state index in [0.717, 1.165) is 6.07 Å². The SMILES string of the molecule is Nc1ccc(F)c(C2OCCO2)c1F. The van der Waals surface area contributed by atoms with Gasteiger partial charge in [-0.3, -0.25) is 0 Å². The molecule has 1 saturated heterocycles. The van der Waals surface area contributed by atoms with E-state index in [9.17, 15) is 8.78 Å². The van der Waals surface area contributed by atoms with Crippen LogP contribution in [0.5, 0.6) is 0 Å². The number of halogens is 2. The van der Waals surface area contributed by atoms with Crippen molar-refractivity contribution in [3.8, 4) is 0 Å². The first-order chi connectivity index (χ1) is 6.70. The molecule has 0 radical (unpaired) electrons. The topological polar surface area (TPSA) is 44.5 Å². The number of nitrogens with two attached hydrogens (primary N) is 1. The third-order valence-electron chi connectivity index (χ3n) is 2.01. The molecule has 0 atom stereocenters. The van der Waals surface area contributed by atoms with Gasteiger partial charge in [0.2, 0.25) is 0 Å². The summed E-state index contributed by atoms with van der Waals surface area (Å²) in [5, 5.41) is 0. The Morgan fingerprint density at radius 2 is 1.86 bits per heavy atom. The molecule has 0 aromatic heterocycles. The average Bonchev–Trinajstić information content (AvgIpc) is 2.65. The fourth-order valence-corrected chi connectivity index (χ4v) is 1.33. The molecule has 2 N–H and O–H groups in total. The normalized spacial score (nSPS) is 17.6. The van der Waals surface area contributed by atoms with E-state index in [2.05, 4.69) is 0 Å². The van der Waals surface area contributed by atoms with Gasteiger partial charge in [-0.05, 0) is 12.1 Å². The highest BCUT2D eigenvalue weighted by Gasteiger charge is 2.26. The maximum atomic E-state index is 13.4. The molecule has 0 bridgehead atoms. The quantitative estimate of drug-likeness (QED) is 0.702. The standard InChI is InChI=1S/C9H9F2NO2/c10-5-1-2-6(12)8(11)7(5)9-13-3-4-14-9/h1-2,9H,3-4,12H2. The molecule has 0 amide bonds. The lowest BCUT2D eigenvalue weighted by atomic mass is 10.1. The molecule has 0 aliphatic carbocycles. The van der Waals surface area contributed by atoms with E-state index in [4.69, 9.17) is 15.2 Å². The van der Waals surface area contributed by atoms with Gasteiger partial charge >= 0.3 is 0 Å². The van der Waals surface area contributed by atoms with Crippen molar-refractivity contribution in [3.63, 3.8) is 0 Å². The second-order valence-corrected chi connectivity index (χ2v) is 2.94. The summed E-state index contributed by atoms with van der Waals surface area (Å²) in [7, 11) is 0. The van der Waals surface area contributed by atoms with Crippen LogP contribution in [0.2, 0.25) is 0 Å². The second kappa shape index (κ2) is 3.51. The first-order valence-corrected chi connectivity index (χ1v) is 4.16. The number of rotatable bonds is 1. The van der Waals surface area contributed by atoms with Crippen molar-refractivity contribution in [2.75, 3.05) is 18.9 Å². The molecular weight excluding hydrogens is 192 g/mol. The Morgan fingerprint density at radius 3 is 2.50 bits per heavy atom. The maximum absolute atomic E-state index is 13.4. The van der Waals surface area contributed by atoms with Crippen molar-refractivity contribution in [2.24, 2.45) is 0 Å². The van der Waals surface area contributed by atoms with Crippen molar-refractivity contribution in [1.29, 1.82) is 0 Å². The highest BCUT2D eigenvalue weighted by Crippen LogP contribution is 2.30. The van der Waals surface area contributed by atoms with E-state index in [-0.39, 0.29) is 11.3 Å². The fraction of sp³-hybridized carbons (Fsp3) is 0.333. The summed E-state index contributed by atoms with van der Waals surface area (Å²) < 4.78 is 36.6. The minimum atomic E-state index is -0.974. The van der Waals surface area contributed by atoms with Crippen LogP contribution in [0, 0.1) is 11.6 Å². The van der Waals surface area contributed by atoms with E-state index in [1.54, 1.807) is 0 Å². The number of hydrogen-bond donors (Lipinski definition) is 1. The smallest absolute Gasteiger partial charge is 0.189 e. The molecule has 0 saturated carbocycles. The molecular formula is C9H9F2NO2. The fourth-order valence-electron chi connectivity index (χ4n) is 1.33. The van der Waals surface area contributed by atoms with Crippen molar-refractivity contribution < 1.29 is 18.3 Å². The van der Waals surface area contributed by atoms with Crippen LogP contribution in [0.4, 0.5) is 14.5 Å². The molecule has 1 aromatic carbocycles. The van der Waals surface area contributed by atoms with Crippen LogP contribution in [-0.2, 0) is 9.47 Å². The van der Waals surface area contributed by atoms with E-state index in [0.29, 0.717) is 13.2 Å². The Balaban J connectivity index is 2.44. The first kappa shape index (κ1) is 9.36. The average molecular weight is 201 g/mol. The van der Waals surface area contributed by atoms with Gasteiger partial charge in [0.25, 0.3) is 0 Å². The summed E-state index contributed by atoms with van der Waals surface area (Å²) >= 11 is 0. The number of hydrogen-bond acceptors (Lipinski definition) is 3. The molecule has 0 unspecified atom stereocenters. The molecule has 1 aliphatic rings. The molecule has 76 valence electrons. The molecule has 3 nitrogen and oxygen atoms in total. The highest BCUT2D eigenvalue weighted by atomic mass is 19.1. The molecule has 1 fully saturated rings. The summed E-state index contributed by atoms with van der Waals surface area (Å²) in [5.74, 6) is -1.51. The second-order valence-electron chi connectivity index (χ2n) is 2.94. The van der Waals surface area contributed by atoms with Crippen LogP contribution in [0.25, 0.3) is 0 Å². The Kier molecular flexibility index (Phi) is 2.35. The van der Waals surface area contributed by atoms with Gasteiger partial charge in [0.05, 0.1) is 24.5 Å². The molecule has 2 rings (SSSR count). The van der Waals surface area contributed by atoms with Crippen LogP contribution in [0.15, 0.2) is 12.1 Å². The largest absolute Gasteiger partial charge is 0.396 e. The van der Waals surface area contributed by atoms with E-state index < -0.39 is 17.9 Å². The summed E-state index contributed by atoms with van der Waals surface area (Å²) in [6.45, 7) is 0.663. The summed E-state index contributed by atoms with van der Waals surface area (Å²) in [4.78, 5) is 0. The number of ether oxygens (including phenoxy) is 2. The number of nitrogen functional groups attached to an aromatic ring is 1. The van der Waals surface area contributed by atoms with Crippen molar-refractivity contribution in [1.82, 2.24) is 0 Å². The summed E-state index contributed by atoms with van der Waals surface area (Å²) in [5.41, 5.74) is 4.95. The third-order valence-corrected chi connectivity index (χ3v) is 2.01. The molecule has 0 spiro atoms. The summed E-state index contributed by atoms with van der Waals surface area (Å²) in [6, 6.07) is 2.27. The van der Waals surface area contributed by atoms with E-state index in [1.165, 1.54) is 6.07 Å². The maximum Gasteiger partial charge on any atom is 0.189 e. The lowest BCUT2D eigenvalue weighted by Gasteiger charge is -2.12. The molecule has 14 heavy (non-hydrogen) atoms. The van der Waals surface area contributed by atoms with Crippen molar-refractivity contribution in [3.05, 3.63) is 29.3 Å². The van der Waals surface area contributed by atoms with Gasteiger partial charge in [0, 0.05) is 0 Å². The minimum Gasteiger partial charge on any atom is -0.396 e. The van der Waals surface area contributed by atoms with Gasteiger partial charge in [-0.15, -0.1) is 0 Å². The predicted octanol–water partition coefficient (Wildman–Crippen LogP) is 1.59. The Hall–Kier alpha value is -1.20. The lowest BCUT2D eigenvalue weighted by Crippen LogP contribution is -2.07. The van der Waals surface area contributed by atoms with Gasteiger partial charge in [-0.25, -0.2) is 8.78 Å². The van der Waals surface area contributed by atoms with Crippen LogP contribution in [0.1, 0.15) is 11.9 Å². The van der Waals surface area contributed by atoms with Crippen molar-refractivity contribution >= 4 is 5.69 Å². The Labute approximate surface area is 79.4 Å². The molecule has 1 heterocycles. The minimum absolute atomic E-state index is 0.111. The van der Waals surface area contributed by atoms with Crippen LogP contribution in [0.3, 0.4) is 0 Å². The molecule has 1 aliphatic heterocycles. The van der Waals surface area contributed by atoms with Gasteiger partial charge in [0.1, 0.15) is 5.82 Å². The zero-order valence-corrected chi connectivity index (χ0v) is 7.30. The monoisotopic (exact) mass is 201 g/mol. The molecule has 1 aromatic rings. The zero-order chi connectivity index (χ0) is 10.1. The van der Waals surface area contributed by atoms with Gasteiger partial charge < -0.3 is 15.2 Å². The van der Waals surface area contributed by atoms with Crippen LogP contribution >= 0.6 is 0 Å². The van der Waals surface area contributed by atoms with E-state index >= 15 is 0 Å².